The fourth-order valence-corrected chi connectivity index (χ4v) is 2.52. The van der Waals surface area contributed by atoms with Gasteiger partial charge in [-0.3, -0.25) is 4.79 Å². The van der Waals surface area contributed by atoms with Gasteiger partial charge in [-0.1, -0.05) is 18.2 Å². The minimum absolute atomic E-state index is 0.0434. The molecule has 3 heteroatoms. The van der Waals surface area contributed by atoms with E-state index in [4.69, 9.17) is 4.42 Å². The van der Waals surface area contributed by atoms with Gasteiger partial charge in [0.1, 0.15) is 11.2 Å². The van der Waals surface area contributed by atoms with Crippen molar-refractivity contribution in [3.63, 3.8) is 0 Å². The molecule has 0 fully saturated rings. The summed E-state index contributed by atoms with van der Waals surface area (Å²) in [6.07, 6.45) is 0. The molecule has 0 saturated carbocycles. The first-order valence-corrected chi connectivity index (χ1v) is 5.95. The number of rotatable bonds is 0. The van der Waals surface area contributed by atoms with Gasteiger partial charge in [0.25, 0.3) is 0 Å². The maximum Gasteiger partial charge on any atom is 0.201 e. The average Bonchev–Trinajstić information content (AvgIpc) is 2.29. The van der Waals surface area contributed by atoms with Crippen LogP contribution in [0.25, 0.3) is 21.9 Å². The maximum absolute atomic E-state index is 12.2. The molecule has 0 amide bonds. The van der Waals surface area contributed by atoms with Crippen molar-refractivity contribution in [2.24, 2.45) is 0 Å². The molecule has 0 aliphatic heterocycles. The second-order valence-electron chi connectivity index (χ2n) is 3.54. The van der Waals surface area contributed by atoms with Gasteiger partial charge < -0.3 is 4.42 Å². The number of hydrogen-bond acceptors (Lipinski definition) is 2. The molecule has 0 aliphatic carbocycles. The van der Waals surface area contributed by atoms with Gasteiger partial charge in [0.15, 0.2) is 0 Å². The lowest BCUT2D eigenvalue weighted by atomic mass is 10.1. The quantitative estimate of drug-likeness (QED) is 0.468. The van der Waals surface area contributed by atoms with Crippen molar-refractivity contribution in [2.45, 2.75) is 0 Å². The zero-order valence-corrected chi connectivity index (χ0v) is 10.4. The van der Waals surface area contributed by atoms with Crippen molar-refractivity contribution in [1.29, 1.82) is 0 Å². The Hall–Kier alpha value is -1.36. The van der Waals surface area contributed by atoms with Gasteiger partial charge in [-0.05, 0) is 46.9 Å². The summed E-state index contributed by atoms with van der Waals surface area (Å²) < 4.78 is 6.63. The fraction of sp³-hybridized carbons (Fsp3) is 0. The number of halogens is 1. The molecule has 0 N–H and O–H groups in total. The molecule has 0 unspecified atom stereocenters. The fourth-order valence-electron chi connectivity index (χ4n) is 1.81. The summed E-state index contributed by atoms with van der Waals surface area (Å²) in [5, 5.41) is 1.31. The monoisotopic (exact) mass is 322 g/mol. The lowest BCUT2D eigenvalue weighted by Gasteiger charge is -2.01. The smallest absolute Gasteiger partial charge is 0.201 e. The van der Waals surface area contributed by atoms with E-state index in [9.17, 15) is 4.79 Å². The lowest BCUT2D eigenvalue weighted by Crippen LogP contribution is -2.03. The SMILES string of the molecule is O=c1c2ccccc2oc2cccc(I)c12. The Balaban J connectivity index is 2.67. The third-order valence-corrected chi connectivity index (χ3v) is 3.45. The van der Waals surface area contributed by atoms with Gasteiger partial charge in [0, 0.05) is 3.57 Å². The Bertz CT molecular complexity index is 744. The van der Waals surface area contributed by atoms with Crippen LogP contribution in [-0.2, 0) is 0 Å². The Morgan fingerprint density at radius 2 is 1.69 bits per heavy atom. The van der Waals surface area contributed by atoms with Crippen LogP contribution < -0.4 is 5.43 Å². The normalized spacial score (nSPS) is 11.1. The van der Waals surface area contributed by atoms with Crippen LogP contribution in [-0.4, -0.2) is 0 Å². The largest absolute Gasteiger partial charge is 0.456 e. The van der Waals surface area contributed by atoms with Crippen molar-refractivity contribution in [3.8, 4) is 0 Å². The highest BCUT2D eigenvalue weighted by atomic mass is 127. The summed E-state index contributed by atoms with van der Waals surface area (Å²) in [5.41, 5.74) is 1.33. The van der Waals surface area contributed by atoms with Crippen LogP contribution in [0.2, 0.25) is 0 Å². The van der Waals surface area contributed by atoms with Crippen LogP contribution in [0.5, 0.6) is 0 Å². The van der Waals surface area contributed by atoms with E-state index in [1.165, 1.54) is 0 Å². The van der Waals surface area contributed by atoms with Crippen LogP contribution in [0.15, 0.2) is 51.7 Å². The maximum atomic E-state index is 12.2. The zero-order valence-electron chi connectivity index (χ0n) is 8.24. The van der Waals surface area contributed by atoms with Crippen LogP contribution in [0.3, 0.4) is 0 Å². The first kappa shape index (κ1) is 9.84. The summed E-state index contributed by atoms with van der Waals surface area (Å²) in [7, 11) is 0. The highest BCUT2D eigenvalue weighted by Gasteiger charge is 2.08. The van der Waals surface area contributed by atoms with Gasteiger partial charge in [0.05, 0.1) is 10.8 Å². The third kappa shape index (κ3) is 1.35. The summed E-state index contributed by atoms with van der Waals surface area (Å²) in [4.78, 5) is 12.2. The molecule has 0 atom stereocenters. The van der Waals surface area contributed by atoms with E-state index in [1.807, 2.05) is 36.4 Å². The van der Waals surface area contributed by atoms with E-state index in [2.05, 4.69) is 22.6 Å². The van der Waals surface area contributed by atoms with Crippen LogP contribution >= 0.6 is 22.6 Å². The molecule has 16 heavy (non-hydrogen) atoms. The Morgan fingerprint density at radius 1 is 0.938 bits per heavy atom. The molecule has 3 aromatic rings. The highest BCUT2D eigenvalue weighted by molar-refractivity contribution is 14.1. The summed E-state index contributed by atoms with van der Waals surface area (Å²) >= 11 is 2.16. The second-order valence-corrected chi connectivity index (χ2v) is 4.70. The van der Waals surface area contributed by atoms with E-state index >= 15 is 0 Å². The van der Waals surface area contributed by atoms with E-state index in [0.29, 0.717) is 21.9 Å². The van der Waals surface area contributed by atoms with Crippen molar-refractivity contribution < 1.29 is 4.42 Å². The number of hydrogen-bond donors (Lipinski definition) is 0. The van der Waals surface area contributed by atoms with Crippen molar-refractivity contribution in [1.82, 2.24) is 0 Å². The van der Waals surface area contributed by atoms with E-state index < -0.39 is 0 Å². The van der Waals surface area contributed by atoms with E-state index in [1.54, 1.807) is 6.07 Å². The second kappa shape index (κ2) is 3.59. The molecular weight excluding hydrogens is 315 g/mol. The first-order chi connectivity index (χ1) is 7.77. The Kier molecular flexibility index (Phi) is 2.21. The topological polar surface area (TPSA) is 30.2 Å². The standard InChI is InChI=1S/C13H7IO2/c14-9-5-3-7-11-12(9)13(15)8-4-1-2-6-10(8)16-11/h1-7H. The lowest BCUT2D eigenvalue weighted by molar-refractivity contribution is 0.659. The number of fused-ring (bicyclic) bond motifs is 2. The number of benzene rings is 2. The summed E-state index contributed by atoms with van der Waals surface area (Å²) in [6, 6.07) is 13.0. The van der Waals surface area contributed by atoms with Crippen LogP contribution in [0, 0.1) is 3.57 Å². The Morgan fingerprint density at radius 3 is 2.56 bits per heavy atom. The van der Waals surface area contributed by atoms with Crippen LogP contribution in [0.1, 0.15) is 0 Å². The zero-order chi connectivity index (χ0) is 11.1. The predicted octanol–water partition coefficient (Wildman–Crippen LogP) is 3.55. The minimum Gasteiger partial charge on any atom is -0.456 e. The molecule has 78 valence electrons. The third-order valence-electron chi connectivity index (χ3n) is 2.55. The molecule has 1 aromatic heterocycles. The van der Waals surface area contributed by atoms with Crippen molar-refractivity contribution >= 4 is 44.5 Å². The molecule has 1 heterocycles. The first-order valence-electron chi connectivity index (χ1n) is 4.87. The molecule has 2 nitrogen and oxygen atoms in total. The molecule has 3 rings (SSSR count). The van der Waals surface area contributed by atoms with Crippen LogP contribution in [0.4, 0.5) is 0 Å². The van der Waals surface area contributed by atoms with E-state index in [0.717, 1.165) is 3.57 Å². The van der Waals surface area contributed by atoms with Gasteiger partial charge in [-0.15, -0.1) is 0 Å². The average molecular weight is 322 g/mol. The molecular formula is C13H7IO2. The van der Waals surface area contributed by atoms with Gasteiger partial charge >= 0.3 is 0 Å². The van der Waals surface area contributed by atoms with Crippen molar-refractivity contribution in [3.05, 3.63) is 56.3 Å². The summed E-state index contributed by atoms with van der Waals surface area (Å²) in [6.45, 7) is 0. The minimum atomic E-state index is 0.0434. The Labute approximate surface area is 105 Å². The van der Waals surface area contributed by atoms with E-state index in [-0.39, 0.29) is 5.43 Å². The molecule has 0 radical (unpaired) electrons. The molecule has 2 aromatic carbocycles. The van der Waals surface area contributed by atoms with Crippen molar-refractivity contribution in [2.75, 3.05) is 0 Å². The molecule has 0 bridgehead atoms. The van der Waals surface area contributed by atoms with Gasteiger partial charge in [0.2, 0.25) is 5.43 Å². The predicted molar refractivity (Wildman–Crippen MR) is 72.7 cm³/mol. The molecule has 0 aliphatic rings. The van der Waals surface area contributed by atoms with Gasteiger partial charge in [-0.25, -0.2) is 0 Å². The highest BCUT2D eigenvalue weighted by Crippen LogP contribution is 2.21. The number of para-hydroxylation sites is 1. The van der Waals surface area contributed by atoms with Gasteiger partial charge in [-0.2, -0.15) is 0 Å². The summed E-state index contributed by atoms with van der Waals surface area (Å²) in [5.74, 6) is 0. The molecule has 0 saturated heterocycles. The molecule has 0 spiro atoms.